The first-order valence-corrected chi connectivity index (χ1v) is 6.76. The molecule has 0 unspecified atom stereocenters. The van der Waals surface area contributed by atoms with Crippen molar-refractivity contribution in [2.24, 2.45) is 0 Å². The number of carbonyl (C=O) groups excluding carboxylic acids is 2. The Bertz CT molecular complexity index is 604. The van der Waals surface area contributed by atoms with Crippen molar-refractivity contribution in [3.63, 3.8) is 0 Å². The number of fused-ring (bicyclic) bond motifs is 1. The Balaban J connectivity index is 2.57. The van der Waals surface area contributed by atoms with E-state index in [9.17, 15) is 14.4 Å². The molecule has 0 aromatic carbocycles. The van der Waals surface area contributed by atoms with Crippen LogP contribution in [0.15, 0.2) is 10.9 Å². The second kappa shape index (κ2) is 5.90. The minimum absolute atomic E-state index is 0.131. The van der Waals surface area contributed by atoms with Crippen LogP contribution in [0.2, 0.25) is 0 Å². The second-order valence-corrected chi connectivity index (χ2v) is 4.73. The fourth-order valence-corrected chi connectivity index (χ4v) is 2.44. The Hall–Kier alpha value is -2.11. The van der Waals surface area contributed by atoms with Crippen molar-refractivity contribution < 1.29 is 14.3 Å². The third-order valence-corrected chi connectivity index (χ3v) is 3.25. The molecule has 0 fully saturated rings. The van der Waals surface area contributed by atoms with Gasteiger partial charge < -0.3 is 14.6 Å². The largest absolute Gasteiger partial charge is 0.462 e. The number of amides is 1. The van der Waals surface area contributed by atoms with Gasteiger partial charge in [0.25, 0.3) is 5.56 Å². The van der Waals surface area contributed by atoms with E-state index in [0.29, 0.717) is 24.2 Å². The first-order valence-electron chi connectivity index (χ1n) is 6.76. The zero-order valence-electron chi connectivity index (χ0n) is 11.7. The Kier molecular flexibility index (Phi) is 4.22. The number of hydrogen-bond acceptors (Lipinski definition) is 4. The van der Waals surface area contributed by atoms with Crippen LogP contribution in [0, 0.1) is 0 Å². The van der Waals surface area contributed by atoms with Crippen LogP contribution < -0.4 is 10.9 Å². The average Bonchev–Trinajstić information content (AvgIpc) is 2.42. The highest BCUT2D eigenvalue weighted by molar-refractivity contribution is 5.94. The van der Waals surface area contributed by atoms with E-state index in [-0.39, 0.29) is 23.8 Å². The fourth-order valence-electron chi connectivity index (χ4n) is 2.44. The summed E-state index contributed by atoms with van der Waals surface area (Å²) in [4.78, 5) is 35.5. The predicted molar refractivity (Wildman–Crippen MR) is 73.9 cm³/mol. The molecule has 1 aliphatic heterocycles. The number of rotatable bonds is 3. The molecule has 1 aromatic heterocycles. The molecule has 1 aliphatic rings. The van der Waals surface area contributed by atoms with Gasteiger partial charge in [0.15, 0.2) is 0 Å². The summed E-state index contributed by atoms with van der Waals surface area (Å²) in [5.41, 5.74) is 0.942. The number of hydrogen-bond donors (Lipinski definition) is 1. The number of pyridine rings is 1. The van der Waals surface area contributed by atoms with Gasteiger partial charge in [-0.3, -0.25) is 9.59 Å². The van der Waals surface area contributed by atoms with Crippen LogP contribution in [0.4, 0.5) is 5.69 Å². The highest BCUT2D eigenvalue weighted by atomic mass is 16.5. The summed E-state index contributed by atoms with van der Waals surface area (Å²) >= 11 is 0. The molecule has 2 heterocycles. The lowest BCUT2D eigenvalue weighted by atomic mass is 10.0. The minimum Gasteiger partial charge on any atom is -0.462 e. The third kappa shape index (κ3) is 2.74. The van der Waals surface area contributed by atoms with Gasteiger partial charge >= 0.3 is 5.97 Å². The van der Waals surface area contributed by atoms with E-state index in [1.807, 2.05) is 0 Å². The molecule has 1 amide bonds. The van der Waals surface area contributed by atoms with E-state index >= 15 is 0 Å². The van der Waals surface area contributed by atoms with Gasteiger partial charge in [-0.25, -0.2) is 4.79 Å². The smallest absolute Gasteiger partial charge is 0.339 e. The lowest BCUT2D eigenvalue weighted by molar-refractivity contribution is -0.114. The Morgan fingerprint density at radius 1 is 1.40 bits per heavy atom. The Morgan fingerprint density at radius 2 is 2.15 bits per heavy atom. The van der Waals surface area contributed by atoms with Gasteiger partial charge in [0.05, 0.1) is 12.2 Å². The monoisotopic (exact) mass is 278 g/mol. The summed E-state index contributed by atoms with van der Waals surface area (Å²) in [6.45, 7) is 3.89. The lowest BCUT2D eigenvalue weighted by Gasteiger charge is -2.22. The van der Waals surface area contributed by atoms with Crippen LogP contribution in [-0.4, -0.2) is 23.1 Å². The van der Waals surface area contributed by atoms with Crippen LogP contribution in [0.1, 0.15) is 42.7 Å². The third-order valence-electron chi connectivity index (χ3n) is 3.25. The van der Waals surface area contributed by atoms with Crippen LogP contribution in [0.3, 0.4) is 0 Å². The maximum Gasteiger partial charge on any atom is 0.339 e. The van der Waals surface area contributed by atoms with Gasteiger partial charge in [-0.05, 0) is 32.3 Å². The van der Waals surface area contributed by atoms with Gasteiger partial charge in [0.2, 0.25) is 5.91 Å². The SMILES string of the molecule is CCOC(=O)c1cc(NC(C)=O)c(=O)n2c1CCCC2. The van der Waals surface area contributed by atoms with Crippen molar-refractivity contribution in [3.8, 4) is 0 Å². The Labute approximate surface area is 116 Å². The molecule has 2 rings (SSSR count). The molecule has 0 aliphatic carbocycles. The highest BCUT2D eigenvalue weighted by Gasteiger charge is 2.22. The Morgan fingerprint density at radius 3 is 2.80 bits per heavy atom. The normalized spacial score (nSPS) is 13.5. The van der Waals surface area contributed by atoms with Crippen LogP contribution in [0.5, 0.6) is 0 Å². The number of aromatic nitrogens is 1. The van der Waals surface area contributed by atoms with Crippen LogP contribution in [0.25, 0.3) is 0 Å². The number of nitrogens with zero attached hydrogens (tertiary/aromatic N) is 1. The first-order chi connectivity index (χ1) is 9.54. The summed E-state index contributed by atoms with van der Waals surface area (Å²) in [5, 5.41) is 2.48. The van der Waals surface area contributed by atoms with Crippen molar-refractivity contribution in [1.29, 1.82) is 0 Å². The van der Waals surface area contributed by atoms with Gasteiger partial charge in [-0.15, -0.1) is 0 Å². The topological polar surface area (TPSA) is 77.4 Å². The highest BCUT2D eigenvalue weighted by Crippen LogP contribution is 2.20. The van der Waals surface area contributed by atoms with Gasteiger partial charge in [0.1, 0.15) is 5.69 Å². The first kappa shape index (κ1) is 14.3. The standard InChI is InChI=1S/C14H18N2O4/c1-3-20-14(19)10-8-11(15-9(2)17)13(18)16-7-5-4-6-12(10)16/h8H,3-7H2,1-2H3,(H,15,17). The number of ether oxygens (including phenoxy) is 1. The zero-order chi connectivity index (χ0) is 14.7. The van der Waals surface area contributed by atoms with E-state index < -0.39 is 5.97 Å². The molecule has 1 N–H and O–H groups in total. The summed E-state index contributed by atoms with van der Waals surface area (Å²) in [7, 11) is 0. The molecule has 0 atom stereocenters. The molecule has 0 bridgehead atoms. The maximum absolute atomic E-state index is 12.3. The molecule has 0 saturated carbocycles. The van der Waals surface area contributed by atoms with Crippen molar-refractivity contribution in [1.82, 2.24) is 4.57 Å². The molecule has 6 nitrogen and oxygen atoms in total. The maximum atomic E-state index is 12.3. The van der Waals surface area contributed by atoms with E-state index in [1.54, 1.807) is 11.5 Å². The number of esters is 1. The van der Waals surface area contributed by atoms with Gasteiger partial charge in [-0.1, -0.05) is 0 Å². The van der Waals surface area contributed by atoms with Gasteiger partial charge in [-0.2, -0.15) is 0 Å². The molecule has 0 radical (unpaired) electrons. The molecule has 0 saturated heterocycles. The average molecular weight is 278 g/mol. The summed E-state index contributed by atoms with van der Waals surface area (Å²) in [5.74, 6) is -0.793. The van der Waals surface area contributed by atoms with E-state index in [1.165, 1.54) is 13.0 Å². The van der Waals surface area contributed by atoms with Crippen LogP contribution in [-0.2, 0) is 22.5 Å². The van der Waals surface area contributed by atoms with Crippen LogP contribution >= 0.6 is 0 Å². The quantitative estimate of drug-likeness (QED) is 0.846. The van der Waals surface area contributed by atoms with Crippen molar-refractivity contribution >= 4 is 17.6 Å². The zero-order valence-corrected chi connectivity index (χ0v) is 11.7. The minimum atomic E-state index is -0.454. The number of nitrogens with one attached hydrogen (secondary N) is 1. The molecule has 108 valence electrons. The predicted octanol–water partition coefficient (Wildman–Crippen LogP) is 1.32. The summed E-state index contributed by atoms with van der Waals surface area (Å²) in [6.07, 6.45) is 2.49. The number of carbonyl (C=O) groups is 2. The lowest BCUT2D eigenvalue weighted by Crippen LogP contribution is -2.32. The summed E-state index contributed by atoms with van der Waals surface area (Å²) < 4.78 is 6.60. The number of anilines is 1. The molecule has 1 aromatic rings. The molecule has 20 heavy (non-hydrogen) atoms. The fraction of sp³-hybridized carbons (Fsp3) is 0.500. The van der Waals surface area contributed by atoms with Gasteiger partial charge in [0, 0.05) is 19.2 Å². The van der Waals surface area contributed by atoms with E-state index in [0.717, 1.165) is 12.8 Å². The summed E-state index contributed by atoms with van der Waals surface area (Å²) in [6, 6.07) is 1.43. The molecule has 6 heteroatoms. The molecule has 0 spiro atoms. The van der Waals surface area contributed by atoms with E-state index in [2.05, 4.69) is 5.32 Å². The van der Waals surface area contributed by atoms with Crippen molar-refractivity contribution in [2.45, 2.75) is 39.7 Å². The molecular weight excluding hydrogens is 260 g/mol. The second-order valence-electron chi connectivity index (χ2n) is 4.73. The van der Waals surface area contributed by atoms with E-state index in [4.69, 9.17) is 4.74 Å². The molecular formula is C14H18N2O4. The van der Waals surface area contributed by atoms with Crippen molar-refractivity contribution in [3.05, 3.63) is 27.7 Å². The van der Waals surface area contributed by atoms with Crippen molar-refractivity contribution in [2.75, 3.05) is 11.9 Å².